The normalized spacial score (nSPS) is 28.3. The molecule has 1 aliphatic heterocycles. The molecule has 0 amide bonds. The maximum absolute atomic E-state index is 11.7. The van der Waals surface area contributed by atoms with Crippen LogP contribution in [0, 0.1) is 0 Å². The van der Waals surface area contributed by atoms with E-state index < -0.39 is 36.7 Å². The minimum atomic E-state index is -1.61. The Balaban J connectivity index is 1.99. The molecule has 0 aromatic carbocycles. The number of hydrogen-bond acceptors (Lipinski definition) is 7. The Kier molecular flexibility index (Phi) is 12.9. The number of ether oxygens (including phenoxy) is 2. The molecule has 1 saturated heterocycles. The second-order valence-electron chi connectivity index (χ2n) is 7.51. The largest absolute Gasteiger partial charge is 0.463 e. The fourth-order valence-electron chi connectivity index (χ4n) is 3.25. The van der Waals surface area contributed by atoms with Gasteiger partial charge in [0.2, 0.25) is 0 Å². The molecule has 0 saturated carbocycles. The van der Waals surface area contributed by atoms with E-state index >= 15 is 0 Å². The number of unbranched alkanes of at least 4 members (excludes halogenated alkanes) is 10. The van der Waals surface area contributed by atoms with Crippen molar-refractivity contribution in [3.63, 3.8) is 0 Å². The molecule has 0 aromatic rings. The Hall–Kier alpha value is -0.730. The van der Waals surface area contributed by atoms with Crippen molar-refractivity contribution in [1.82, 2.24) is 0 Å². The van der Waals surface area contributed by atoms with Crippen molar-refractivity contribution in [3.8, 4) is 0 Å². The zero-order valence-electron chi connectivity index (χ0n) is 16.6. The third-order valence-corrected chi connectivity index (χ3v) is 5.08. The van der Waals surface area contributed by atoms with Gasteiger partial charge in [0, 0.05) is 6.42 Å². The summed E-state index contributed by atoms with van der Waals surface area (Å²) in [4.78, 5) is 11.7. The number of carbonyl (C=O) groups excluding carboxylic acids is 1. The van der Waals surface area contributed by atoms with E-state index in [1.54, 1.807) is 0 Å². The highest BCUT2D eigenvalue weighted by molar-refractivity contribution is 5.69. The first-order valence-corrected chi connectivity index (χ1v) is 10.5. The first kappa shape index (κ1) is 24.3. The van der Waals surface area contributed by atoms with Crippen LogP contribution in [0.1, 0.15) is 84.0 Å². The third kappa shape index (κ3) is 9.85. The van der Waals surface area contributed by atoms with Crippen molar-refractivity contribution >= 4 is 5.97 Å². The van der Waals surface area contributed by atoms with Gasteiger partial charge in [-0.05, 0) is 6.42 Å². The van der Waals surface area contributed by atoms with E-state index in [0.717, 1.165) is 19.3 Å². The zero-order valence-corrected chi connectivity index (χ0v) is 16.6. The van der Waals surface area contributed by atoms with Gasteiger partial charge in [-0.25, -0.2) is 0 Å². The van der Waals surface area contributed by atoms with Crippen LogP contribution in [0.3, 0.4) is 0 Å². The van der Waals surface area contributed by atoms with Crippen LogP contribution < -0.4 is 0 Å². The molecule has 4 N–H and O–H groups in total. The summed E-state index contributed by atoms with van der Waals surface area (Å²) in [6.45, 7) is 1.96. The second-order valence-corrected chi connectivity index (χ2v) is 7.51. The maximum Gasteiger partial charge on any atom is 0.305 e. The lowest BCUT2D eigenvalue weighted by molar-refractivity contribution is -0.287. The standard InChI is InChI=1S/C20H38O7/c1-2-3-4-5-6-7-8-9-10-11-12-13-16(21)26-14-15-17(22)18(23)19(24)20(25)27-15/h15,17-20,22-25H,2-14H2,1H3/t15-,17-,18+,19+,20?/m1/s1. The number of carbonyl (C=O) groups is 1. The quantitative estimate of drug-likeness (QED) is 0.265. The average Bonchev–Trinajstić information content (AvgIpc) is 2.66. The molecule has 0 spiro atoms. The molecule has 27 heavy (non-hydrogen) atoms. The van der Waals surface area contributed by atoms with Crippen LogP contribution in [0.5, 0.6) is 0 Å². The molecule has 7 heteroatoms. The Morgan fingerprint density at radius 1 is 0.778 bits per heavy atom. The van der Waals surface area contributed by atoms with Crippen LogP contribution in [0.4, 0.5) is 0 Å². The predicted octanol–water partition coefficient (Wildman–Crippen LogP) is 2.03. The topological polar surface area (TPSA) is 116 Å². The molecular formula is C20H38O7. The van der Waals surface area contributed by atoms with Gasteiger partial charge in [-0.2, -0.15) is 0 Å². The Labute approximate surface area is 162 Å². The lowest BCUT2D eigenvalue weighted by Gasteiger charge is -2.37. The highest BCUT2D eigenvalue weighted by Crippen LogP contribution is 2.20. The van der Waals surface area contributed by atoms with Gasteiger partial charge in [-0.3, -0.25) is 4.79 Å². The van der Waals surface area contributed by atoms with Gasteiger partial charge < -0.3 is 29.9 Å². The second kappa shape index (κ2) is 14.3. The van der Waals surface area contributed by atoms with Crippen molar-refractivity contribution in [2.45, 2.75) is 115 Å². The van der Waals surface area contributed by atoms with E-state index in [4.69, 9.17) is 9.47 Å². The first-order valence-electron chi connectivity index (χ1n) is 10.5. The molecule has 1 aliphatic rings. The van der Waals surface area contributed by atoms with Crippen LogP contribution in [0.15, 0.2) is 0 Å². The molecule has 7 nitrogen and oxygen atoms in total. The lowest BCUT2D eigenvalue weighted by Crippen LogP contribution is -2.58. The summed E-state index contributed by atoms with van der Waals surface area (Å²) in [5, 5.41) is 38.2. The fourth-order valence-corrected chi connectivity index (χ4v) is 3.25. The Morgan fingerprint density at radius 2 is 1.30 bits per heavy atom. The van der Waals surface area contributed by atoms with Gasteiger partial charge in [0.25, 0.3) is 0 Å². The molecule has 1 rings (SSSR count). The van der Waals surface area contributed by atoms with E-state index in [2.05, 4.69) is 6.92 Å². The van der Waals surface area contributed by atoms with Gasteiger partial charge >= 0.3 is 5.97 Å². The molecule has 0 aromatic heterocycles. The van der Waals surface area contributed by atoms with Gasteiger partial charge in [-0.15, -0.1) is 0 Å². The summed E-state index contributed by atoms with van der Waals surface area (Å²) in [5.74, 6) is -0.392. The van der Waals surface area contributed by atoms with Crippen molar-refractivity contribution in [1.29, 1.82) is 0 Å². The van der Waals surface area contributed by atoms with Crippen LogP contribution in [0.2, 0.25) is 0 Å². The Bertz CT molecular complexity index is 391. The van der Waals surface area contributed by atoms with Gasteiger partial charge in [0.15, 0.2) is 6.29 Å². The monoisotopic (exact) mass is 390 g/mol. The van der Waals surface area contributed by atoms with Crippen molar-refractivity contribution in [2.24, 2.45) is 0 Å². The number of aliphatic hydroxyl groups is 4. The molecule has 1 fully saturated rings. The third-order valence-electron chi connectivity index (χ3n) is 5.08. The SMILES string of the molecule is CCCCCCCCCCCCCC(=O)OC[C@H]1OC(O)[C@@H](O)[C@@H](O)[C@@H]1O. The number of aliphatic hydroxyl groups excluding tert-OH is 4. The van der Waals surface area contributed by atoms with Crippen LogP contribution >= 0.6 is 0 Å². The predicted molar refractivity (Wildman–Crippen MR) is 101 cm³/mol. The van der Waals surface area contributed by atoms with E-state index in [1.165, 1.54) is 51.4 Å². The summed E-state index contributed by atoms with van der Waals surface area (Å²) in [5.41, 5.74) is 0. The van der Waals surface area contributed by atoms with Crippen molar-refractivity contribution in [2.75, 3.05) is 6.61 Å². The van der Waals surface area contributed by atoms with Gasteiger partial charge in [-0.1, -0.05) is 71.1 Å². The smallest absolute Gasteiger partial charge is 0.305 e. The maximum atomic E-state index is 11.7. The molecule has 0 aliphatic carbocycles. The molecule has 0 radical (unpaired) electrons. The molecule has 160 valence electrons. The molecule has 1 heterocycles. The van der Waals surface area contributed by atoms with E-state index in [1.807, 2.05) is 0 Å². The van der Waals surface area contributed by atoms with Gasteiger partial charge in [0.1, 0.15) is 31.0 Å². The summed E-state index contributed by atoms with van der Waals surface area (Å²) in [7, 11) is 0. The summed E-state index contributed by atoms with van der Waals surface area (Å²) in [6, 6.07) is 0. The van der Waals surface area contributed by atoms with E-state index in [9.17, 15) is 25.2 Å². The van der Waals surface area contributed by atoms with E-state index in [-0.39, 0.29) is 6.61 Å². The summed E-state index contributed by atoms with van der Waals surface area (Å²) < 4.78 is 10.0. The number of rotatable bonds is 14. The summed E-state index contributed by atoms with van der Waals surface area (Å²) >= 11 is 0. The van der Waals surface area contributed by atoms with Crippen molar-refractivity contribution in [3.05, 3.63) is 0 Å². The van der Waals surface area contributed by atoms with E-state index in [0.29, 0.717) is 6.42 Å². The molecule has 5 atom stereocenters. The van der Waals surface area contributed by atoms with Crippen LogP contribution in [-0.2, 0) is 14.3 Å². The highest BCUT2D eigenvalue weighted by atomic mass is 16.6. The molecule has 0 bridgehead atoms. The number of esters is 1. The minimum Gasteiger partial charge on any atom is -0.463 e. The fraction of sp³-hybridized carbons (Fsp3) is 0.950. The zero-order chi connectivity index (χ0) is 20.1. The van der Waals surface area contributed by atoms with Crippen LogP contribution in [0.25, 0.3) is 0 Å². The number of hydrogen-bond donors (Lipinski definition) is 4. The van der Waals surface area contributed by atoms with Crippen LogP contribution in [-0.4, -0.2) is 63.7 Å². The molecule has 1 unspecified atom stereocenters. The van der Waals surface area contributed by atoms with Gasteiger partial charge in [0.05, 0.1) is 0 Å². The van der Waals surface area contributed by atoms with Crippen molar-refractivity contribution < 1.29 is 34.7 Å². The highest BCUT2D eigenvalue weighted by Gasteiger charge is 2.43. The lowest BCUT2D eigenvalue weighted by atomic mass is 9.99. The Morgan fingerprint density at radius 3 is 1.85 bits per heavy atom. The first-order chi connectivity index (χ1) is 13.0. The molecular weight excluding hydrogens is 352 g/mol. The summed E-state index contributed by atoms with van der Waals surface area (Å²) in [6.07, 6.45) is 6.32. The minimum absolute atomic E-state index is 0.265. The average molecular weight is 391 g/mol.